The molecule has 1 N–H and O–H groups in total. The van der Waals surface area contributed by atoms with Crippen molar-refractivity contribution in [1.82, 2.24) is 29.7 Å². The van der Waals surface area contributed by atoms with Crippen LogP contribution < -0.4 is 19.5 Å². The Balaban J connectivity index is 1.31. The minimum atomic E-state index is -0.229. The maximum absolute atomic E-state index is 13.4. The van der Waals surface area contributed by atoms with E-state index in [1.165, 1.54) is 0 Å². The van der Waals surface area contributed by atoms with E-state index in [1.54, 1.807) is 64.6 Å². The van der Waals surface area contributed by atoms with E-state index < -0.39 is 0 Å². The van der Waals surface area contributed by atoms with Gasteiger partial charge in [-0.2, -0.15) is 0 Å². The molecule has 250 valence electrons. The first-order chi connectivity index (χ1) is 23.4. The molecule has 0 saturated heterocycles. The van der Waals surface area contributed by atoms with Gasteiger partial charge < -0.3 is 33.9 Å². The topological polar surface area (TPSA) is 128 Å². The highest BCUT2D eigenvalue weighted by Crippen LogP contribution is 2.41. The van der Waals surface area contributed by atoms with Gasteiger partial charge in [-0.05, 0) is 66.8 Å². The molecule has 2 aliphatic rings. The molecule has 48 heavy (non-hydrogen) atoms. The number of nitrogens with zero attached hydrogens (tertiary/aromatic N) is 5. The second kappa shape index (κ2) is 15.0. The molecule has 4 heterocycles. The lowest BCUT2D eigenvalue weighted by atomic mass is 9.98. The molecule has 0 aliphatic carbocycles. The van der Waals surface area contributed by atoms with Crippen molar-refractivity contribution in [2.45, 2.75) is 32.2 Å². The second-order valence-electron chi connectivity index (χ2n) is 12.0. The largest absolute Gasteiger partial charge is 0.496 e. The molecule has 0 fully saturated rings. The summed E-state index contributed by atoms with van der Waals surface area (Å²) in [5.74, 6) is 1.33. The number of nitrogens with one attached hydrogen (secondary N) is 1. The maximum atomic E-state index is 13.4. The molecule has 4 aromatic rings. The van der Waals surface area contributed by atoms with Gasteiger partial charge in [0, 0.05) is 68.5 Å². The molecule has 6 rings (SSSR count). The van der Waals surface area contributed by atoms with Crippen LogP contribution in [0.25, 0.3) is 11.1 Å². The van der Waals surface area contributed by atoms with Crippen molar-refractivity contribution in [1.29, 1.82) is 0 Å². The number of carbonyl (C=O) groups is 3. The third-order valence-electron chi connectivity index (χ3n) is 8.49. The predicted molar refractivity (Wildman–Crippen MR) is 178 cm³/mol. The Morgan fingerprint density at radius 1 is 0.979 bits per heavy atom. The number of aromatic nitrogens is 3. The van der Waals surface area contributed by atoms with Crippen molar-refractivity contribution < 1.29 is 28.6 Å². The smallest absolute Gasteiger partial charge is 0.274 e. The van der Waals surface area contributed by atoms with E-state index >= 15 is 0 Å². The van der Waals surface area contributed by atoms with E-state index in [1.807, 2.05) is 31.3 Å². The number of hydrogen-bond acceptors (Lipinski definition) is 8. The number of hydrogen-bond donors (Lipinski definition) is 1. The van der Waals surface area contributed by atoms with E-state index in [4.69, 9.17) is 14.2 Å². The number of benzene rings is 2. The van der Waals surface area contributed by atoms with Gasteiger partial charge in [0.25, 0.3) is 11.8 Å². The summed E-state index contributed by atoms with van der Waals surface area (Å²) in [6.07, 6.45) is 8.93. The molecular formula is C36H40N6O6. The number of fused-ring (bicyclic) bond motifs is 7. The zero-order chi connectivity index (χ0) is 33.5. The molecule has 2 aromatic heterocycles. The van der Waals surface area contributed by atoms with Crippen LogP contribution in [-0.4, -0.2) is 88.6 Å². The van der Waals surface area contributed by atoms with Crippen LogP contribution in [0.1, 0.15) is 51.2 Å². The first-order valence-electron chi connectivity index (χ1n) is 16.2. The van der Waals surface area contributed by atoms with Gasteiger partial charge in [-0.15, -0.1) is 0 Å². The predicted octanol–water partition coefficient (Wildman–Crippen LogP) is 3.89. The SMILES string of the molecule is COc1ccc2cc1-c1cc3c(c(c1)OCCCCN(C(=O)c1cn(C)cn1)CCCNC2=O)OCCN(C(=O)Cc1cccnc1)C3. The lowest BCUT2D eigenvalue weighted by molar-refractivity contribution is -0.131. The number of carbonyl (C=O) groups excluding carboxylic acids is 3. The Kier molecular flexibility index (Phi) is 10.2. The molecule has 2 aliphatic heterocycles. The molecule has 0 spiro atoms. The molecule has 4 bridgehead atoms. The summed E-state index contributed by atoms with van der Waals surface area (Å²) in [5.41, 5.74) is 3.98. The normalized spacial score (nSPS) is 15.6. The lowest BCUT2D eigenvalue weighted by Gasteiger charge is -2.22. The summed E-state index contributed by atoms with van der Waals surface area (Å²) in [6, 6.07) is 12.9. The minimum absolute atomic E-state index is 0.0288. The van der Waals surface area contributed by atoms with Gasteiger partial charge in [0.15, 0.2) is 11.5 Å². The molecule has 0 radical (unpaired) electrons. The molecule has 12 heteroatoms. The van der Waals surface area contributed by atoms with E-state index in [2.05, 4.69) is 15.3 Å². The van der Waals surface area contributed by atoms with Crippen LogP contribution in [0.4, 0.5) is 0 Å². The standard InChI is InChI=1S/C36H40N6O6/c1-40-23-30(39-24-40)36(45)41-12-3-4-15-47-32-20-27(29-19-26(8-9-31(29)46-2)35(44)38-11-6-13-41)18-28-22-42(14-16-48-34(28)32)33(43)17-25-7-5-10-37-21-25/h5,7-10,18-21,23-24H,3-4,6,11-17,22H2,1-2H3,(H,38,44). The van der Waals surface area contributed by atoms with Gasteiger partial charge in [-0.1, -0.05) is 6.07 Å². The van der Waals surface area contributed by atoms with Crippen molar-refractivity contribution >= 4 is 17.7 Å². The zero-order valence-corrected chi connectivity index (χ0v) is 27.3. The number of imidazole rings is 1. The quantitative estimate of drug-likeness (QED) is 0.352. The van der Waals surface area contributed by atoms with Crippen LogP contribution in [-0.2, 0) is 24.8 Å². The number of methoxy groups -OCH3 is 1. The second-order valence-corrected chi connectivity index (χ2v) is 12.0. The minimum Gasteiger partial charge on any atom is -0.496 e. The van der Waals surface area contributed by atoms with Gasteiger partial charge in [0.1, 0.15) is 18.1 Å². The monoisotopic (exact) mass is 652 g/mol. The van der Waals surface area contributed by atoms with Crippen molar-refractivity contribution in [3.05, 3.63) is 89.8 Å². The molecular weight excluding hydrogens is 612 g/mol. The first-order valence-corrected chi connectivity index (χ1v) is 16.2. The molecule has 0 saturated carbocycles. The Labute approximate surface area is 279 Å². The van der Waals surface area contributed by atoms with Gasteiger partial charge in [0.05, 0.1) is 33.0 Å². The highest BCUT2D eigenvalue weighted by molar-refractivity contribution is 5.96. The van der Waals surface area contributed by atoms with Gasteiger partial charge in [-0.3, -0.25) is 19.4 Å². The fraction of sp³-hybridized carbons (Fsp3) is 0.361. The highest BCUT2D eigenvalue weighted by Gasteiger charge is 2.25. The Hall–Kier alpha value is -5.39. The van der Waals surface area contributed by atoms with Crippen LogP contribution in [0.3, 0.4) is 0 Å². The summed E-state index contributed by atoms with van der Waals surface area (Å²) in [5, 5.41) is 3.00. The maximum Gasteiger partial charge on any atom is 0.274 e. The third-order valence-corrected chi connectivity index (χ3v) is 8.49. The fourth-order valence-corrected chi connectivity index (χ4v) is 5.98. The summed E-state index contributed by atoms with van der Waals surface area (Å²) in [7, 11) is 3.42. The van der Waals surface area contributed by atoms with Gasteiger partial charge in [0.2, 0.25) is 5.91 Å². The summed E-state index contributed by atoms with van der Waals surface area (Å²) < 4.78 is 20.1. The van der Waals surface area contributed by atoms with Crippen LogP contribution in [0.5, 0.6) is 17.2 Å². The number of pyridine rings is 1. The van der Waals surface area contributed by atoms with Crippen molar-refractivity contribution in [3.8, 4) is 28.4 Å². The number of rotatable bonds is 4. The van der Waals surface area contributed by atoms with Gasteiger partial charge >= 0.3 is 0 Å². The van der Waals surface area contributed by atoms with Crippen molar-refractivity contribution in [2.24, 2.45) is 7.05 Å². The summed E-state index contributed by atoms with van der Waals surface area (Å²) in [6.45, 7) is 2.85. The van der Waals surface area contributed by atoms with Crippen LogP contribution in [0, 0.1) is 0 Å². The van der Waals surface area contributed by atoms with Crippen molar-refractivity contribution in [2.75, 3.05) is 46.5 Å². The fourth-order valence-electron chi connectivity index (χ4n) is 5.98. The summed E-state index contributed by atoms with van der Waals surface area (Å²) in [4.78, 5) is 52.0. The molecule has 12 nitrogen and oxygen atoms in total. The summed E-state index contributed by atoms with van der Waals surface area (Å²) >= 11 is 0. The number of aryl methyl sites for hydroxylation is 1. The molecule has 0 unspecified atom stereocenters. The van der Waals surface area contributed by atoms with Crippen LogP contribution in [0.15, 0.2) is 67.4 Å². The Bertz CT molecular complexity index is 1770. The molecule has 2 aromatic carbocycles. The van der Waals surface area contributed by atoms with E-state index in [0.29, 0.717) is 99.3 Å². The highest BCUT2D eigenvalue weighted by atomic mass is 16.5. The van der Waals surface area contributed by atoms with E-state index in [-0.39, 0.29) is 24.1 Å². The Morgan fingerprint density at radius 3 is 2.65 bits per heavy atom. The Morgan fingerprint density at radius 2 is 1.85 bits per heavy atom. The average Bonchev–Trinajstić information content (AvgIpc) is 3.42. The number of amides is 3. The van der Waals surface area contributed by atoms with E-state index in [0.717, 1.165) is 16.7 Å². The lowest BCUT2D eigenvalue weighted by Crippen LogP contribution is -2.35. The first kappa shape index (κ1) is 32.5. The third kappa shape index (κ3) is 7.59. The van der Waals surface area contributed by atoms with Crippen LogP contribution >= 0.6 is 0 Å². The van der Waals surface area contributed by atoms with Crippen molar-refractivity contribution in [3.63, 3.8) is 0 Å². The molecule has 3 amide bonds. The zero-order valence-electron chi connectivity index (χ0n) is 27.3. The molecule has 0 atom stereocenters. The van der Waals surface area contributed by atoms with E-state index in [9.17, 15) is 14.4 Å². The number of ether oxygens (including phenoxy) is 3. The van der Waals surface area contributed by atoms with Crippen LogP contribution in [0.2, 0.25) is 0 Å². The average molecular weight is 653 g/mol. The van der Waals surface area contributed by atoms with Gasteiger partial charge in [-0.25, -0.2) is 4.98 Å².